The zero-order valence-electron chi connectivity index (χ0n) is 18.0. The monoisotopic (exact) mass is 418 g/mol. The van der Waals surface area contributed by atoms with E-state index in [1.165, 1.54) is 34.9 Å². The predicted molar refractivity (Wildman–Crippen MR) is 124 cm³/mol. The second kappa shape index (κ2) is 10.3. The molecule has 0 aliphatic carbocycles. The Morgan fingerprint density at radius 1 is 1.13 bits per heavy atom. The smallest absolute Gasteiger partial charge is 0.434 e. The minimum absolute atomic E-state index is 0.300. The lowest BCUT2D eigenvalue weighted by Gasteiger charge is -2.24. The minimum atomic E-state index is -0.671. The summed E-state index contributed by atoms with van der Waals surface area (Å²) in [5.74, 6) is 0.491. The van der Waals surface area contributed by atoms with Gasteiger partial charge in [0.05, 0.1) is 6.61 Å². The molecule has 1 atom stereocenters. The number of benzene rings is 2. The number of aryl methyl sites for hydroxylation is 1. The van der Waals surface area contributed by atoms with Crippen LogP contribution in [0.2, 0.25) is 0 Å². The van der Waals surface area contributed by atoms with E-state index in [0.29, 0.717) is 18.4 Å². The zero-order chi connectivity index (χ0) is 21.5. The molecule has 5 nitrogen and oxygen atoms in total. The highest BCUT2D eigenvalue weighted by Gasteiger charge is 2.16. The second-order valence-corrected chi connectivity index (χ2v) is 7.96. The van der Waals surface area contributed by atoms with Crippen LogP contribution in [-0.4, -0.2) is 30.3 Å². The highest BCUT2D eigenvalue weighted by Crippen LogP contribution is 2.27. The summed E-state index contributed by atoms with van der Waals surface area (Å²) >= 11 is 0. The van der Waals surface area contributed by atoms with E-state index in [9.17, 15) is 4.79 Å². The lowest BCUT2D eigenvalue weighted by atomic mass is 9.92. The maximum Gasteiger partial charge on any atom is 0.513 e. The fraction of sp³-hybridized carbons (Fsp3) is 0.346. The van der Waals surface area contributed by atoms with Crippen molar-refractivity contribution in [3.05, 3.63) is 71.9 Å². The molecule has 5 heteroatoms. The van der Waals surface area contributed by atoms with Crippen LogP contribution in [0.5, 0.6) is 5.75 Å². The second-order valence-electron chi connectivity index (χ2n) is 7.96. The van der Waals surface area contributed by atoms with Crippen molar-refractivity contribution >= 4 is 22.6 Å². The lowest BCUT2D eigenvalue weighted by molar-refractivity contribution is 0.104. The first-order valence-electron chi connectivity index (χ1n) is 11.2. The Morgan fingerprint density at radius 3 is 2.84 bits per heavy atom. The number of H-pyrrole nitrogens is 1. The van der Waals surface area contributed by atoms with Crippen molar-refractivity contribution in [3.63, 3.8) is 0 Å². The van der Waals surface area contributed by atoms with Gasteiger partial charge in [-0.3, -0.25) is 0 Å². The van der Waals surface area contributed by atoms with Crippen LogP contribution in [0.1, 0.15) is 43.7 Å². The quantitative estimate of drug-likeness (QED) is 0.273. The number of ether oxygens (including phenoxy) is 2. The molecule has 1 aromatic heterocycles. The van der Waals surface area contributed by atoms with E-state index in [1.807, 2.05) is 18.2 Å². The van der Waals surface area contributed by atoms with Gasteiger partial charge in [0.15, 0.2) is 0 Å². The van der Waals surface area contributed by atoms with Gasteiger partial charge in [0.1, 0.15) is 5.75 Å². The van der Waals surface area contributed by atoms with Crippen LogP contribution >= 0.6 is 0 Å². The summed E-state index contributed by atoms with van der Waals surface area (Å²) in [4.78, 5) is 14.8. The van der Waals surface area contributed by atoms with Gasteiger partial charge in [-0.25, -0.2) is 4.79 Å². The highest BCUT2D eigenvalue weighted by atomic mass is 16.7. The number of hydrogen-bond acceptors (Lipinski definition) is 4. The molecule has 0 saturated carbocycles. The molecule has 0 radical (unpaired) electrons. The summed E-state index contributed by atoms with van der Waals surface area (Å²) < 4.78 is 10.0. The third kappa shape index (κ3) is 5.56. The number of fused-ring (bicyclic) bond motifs is 1. The van der Waals surface area contributed by atoms with Gasteiger partial charge in [0, 0.05) is 35.8 Å². The number of aromatic nitrogens is 1. The van der Waals surface area contributed by atoms with Gasteiger partial charge in [0.2, 0.25) is 0 Å². The number of aromatic amines is 1. The Hall–Kier alpha value is -3.05. The fourth-order valence-corrected chi connectivity index (χ4v) is 4.25. The molecule has 3 aromatic rings. The third-order valence-corrected chi connectivity index (χ3v) is 5.82. The van der Waals surface area contributed by atoms with Gasteiger partial charge in [0.25, 0.3) is 0 Å². The molecular weight excluding hydrogens is 388 g/mol. The molecule has 31 heavy (non-hydrogen) atoms. The van der Waals surface area contributed by atoms with Crippen LogP contribution in [0.25, 0.3) is 16.5 Å². The van der Waals surface area contributed by atoms with Crippen LogP contribution < -0.4 is 10.1 Å². The zero-order valence-corrected chi connectivity index (χ0v) is 18.0. The van der Waals surface area contributed by atoms with Crippen LogP contribution in [0, 0.1) is 0 Å². The summed E-state index contributed by atoms with van der Waals surface area (Å²) in [7, 11) is 0. The molecule has 0 amide bonds. The number of nitrogens with one attached hydrogen (secondary N) is 2. The summed E-state index contributed by atoms with van der Waals surface area (Å²) in [6.45, 7) is 3.01. The van der Waals surface area contributed by atoms with Crippen molar-refractivity contribution in [1.82, 2.24) is 10.3 Å². The summed E-state index contributed by atoms with van der Waals surface area (Å²) in [5, 5.41) is 4.82. The standard InChI is InChI=1S/C26H30N2O3/c1-2-30-26(29)31-23-12-13-24-21(18-28-25(24)17-23)10-6-7-11-22-16-20(14-15-27-22)19-8-4-3-5-9-19/h3-5,8-9,12-14,17-18,22,27-28H,2,6-7,10-11,15-16H2,1H3. The van der Waals surface area contributed by atoms with Crippen molar-refractivity contribution in [3.8, 4) is 5.75 Å². The fourth-order valence-electron chi connectivity index (χ4n) is 4.25. The first-order chi connectivity index (χ1) is 15.2. The Morgan fingerprint density at radius 2 is 2.00 bits per heavy atom. The Kier molecular flexibility index (Phi) is 7.05. The van der Waals surface area contributed by atoms with E-state index in [4.69, 9.17) is 9.47 Å². The topological polar surface area (TPSA) is 63.4 Å². The average molecular weight is 419 g/mol. The highest BCUT2D eigenvalue weighted by molar-refractivity contribution is 5.85. The molecule has 4 rings (SSSR count). The van der Waals surface area contributed by atoms with E-state index in [-0.39, 0.29) is 0 Å². The summed E-state index contributed by atoms with van der Waals surface area (Å²) in [6.07, 6.45) is 9.37. The van der Waals surface area contributed by atoms with Crippen molar-refractivity contribution in [2.24, 2.45) is 0 Å². The molecule has 0 spiro atoms. The lowest BCUT2D eigenvalue weighted by Crippen LogP contribution is -2.32. The van der Waals surface area contributed by atoms with Gasteiger partial charge < -0.3 is 19.8 Å². The number of carbonyl (C=O) groups excluding carboxylic acids is 1. The van der Waals surface area contributed by atoms with Gasteiger partial charge in [-0.1, -0.05) is 42.8 Å². The SMILES string of the molecule is CCOC(=O)Oc1ccc2c(CCCCC3CC(c4ccccc4)=CCN3)c[nH]c2c1. The maximum absolute atomic E-state index is 11.5. The molecule has 1 aliphatic rings. The van der Waals surface area contributed by atoms with Crippen molar-refractivity contribution in [2.75, 3.05) is 13.2 Å². The third-order valence-electron chi connectivity index (χ3n) is 5.82. The first-order valence-corrected chi connectivity index (χ1v) is 11.2. The molecule has 2 heterocycles. The van der Waals surface area contributed by atoms with Gasteiger partial charge in [-0.2, -0.15) is 0 Å². The summed E-state index contributed by atoms with van der Waals surface area (Å²) in [5.41, 5.74) is 5.09. The van der Waals surface area contributed by atoms with Crippen molar-refractivity contribution in [2.45, 2.75) is 45.1 Å². The molecule has 0 bridgehead atoms. The molecule has 2 N–H and O–H groups in total. The molecule has 0 fully saturated rings. The number of unbranched alkanes of at least 4 members (excludes halogenated alkanes) is 1. The van der Waals surface area contributed by atoms with Gasteiger partial charge >= 0.3 is 6.16 Å². The Bertz CT molecular complexity index is 1040. The largest absolute Gasteiger partial charge is 0.513 e. The van der Waals surface area contributed by atoms with Crippen LogP contribution in [0.4, 0.5) is 4.79 Å². The number of hydrogen-bond donors (Lipinski definition) is 2. The van der Waals surface area contributed by atoms with Crippen LogP contribution in [0.15, 0.2) is 60.8 Å². The van der Waals surface area contributed by atoms with E-state index < -0.39 is 6.16 Å². The van der Waals surface area contributed by atoms with Crippen LogP contribution in [0.3, 0.4) is 0 Å². The molecule has 2 aromatic carbocycles. The van der Waals surface area contributed by atoms with Crippen LogP contribution in [-0.2, 0) is 11.2 Å². The number of rotatable bonds is 8. The molecule has 0 saturated heterocycles. The number of carbonyl (C=O) groups is 1. The normalized spacial score (nSPS) is 16.2. The van der Waals surface area contributed by atoms with E-state index in [1.54, 1.807) is 6.92 Å². The van der Waals surface area contributed by atoms with E-state index in [0.717, 1.165) is 31.3 Å². The Labute approximate surface area is 183 Å². The minimum Gasteiger partial charge on any atom is -0.434 e. The van der Waals surface area contributed by atoms with Crippen molar-refractivity contribution in [1.29, 1.82) is 0 Å². The molecule has 1 unspecified atom stereocenters. The maximum atomic E-state index is 11.5. The predicted octanol–water partition coefficient (Wildman–Crippen LogP) is 5.86. The molecule has 1 aliphatic heterocycles. The van der Waals surface area contributed by atoms with Crippen molar-refractivity contribution < 1.29 is 14.3 Å². The first kappa shape index (κ1) is 21.2. The van der Waals surface area contributed by atoms with Gasteiger partial charge in [-0.15, -0.1) is 0 Å². The van der Waals surface area contributed by atoms with E-state index >= 15 is 0 Å². The van der Waals surface area contributed by atoms with E-state index in [2.05, 4.69) is 52.9 Å². The average Bonchev–Trinajstić information content (AvgIpc) is 3.20. The molecule has 162 valence electrons. The molecular formula is C26H30N2O3. The van der Waals surface area contributed by atoms with Gasteiger partial charge in [-0.05, 0) is 61.4 Å². The summed E-state index contributed by atoms with van der Waals surface area (Å²) in [6, 6.07) is 16.9. The Balaban J connectivity index is 1.26.